The van der Waals surface area contributed by atoms with E-state index >= 15 is 0 Å². The average molecular weight is 347 g/mol. The third-order valence-corrected chi connectivity index (χ3v) is 4.16. The van der Waals surface area contributed by atoms with E-state index in [-0.39, 0.29) is 5.91 Å². The maximum atomic E-state index is 12.4. The quantitative estimate of drug-likeness (QED) is 0.919. The van der Waals surface area contributed by atoms with Gasteiger partial charge in [0.2, 0.25) is 0 Å². The van der Waals surface area contributed by atoms with E-state index in [2.05, 4.69) is 20.2 Å². The van der Waals surface area contributed by atoms with Crippen LogP contribution in [0.4, 0.5) is 5.82 Å². The molecule has 0 unspecified atom stereocenters. The summed E-state index contributed by atoms with van der Waals surface area (Å²) < 4.78 is 5.35. The van der Waals surface area contributed by atoms with E-state index in [1.165, 1.54) is 0 Å². The number of rotatable bonds is 4. The highest BCUT2D eigenvalue weighted by Crippen LogP contribution is 2.16. The van der Waals surface area contributed by atoms with Gasteiger partial charge in [0.15, 0.2) is 0 Å². The first kappa shape index (κ1) is 16.7. The Hall–Kier alpha value is -2.18. The summed E-state index contributed by atoms with van der Waals surface area (Å²) in [5.74, 6) is 1.09. The number of hydrogen-bond acceptors (Lipinski definition) is 5. The molecule has 2 aromatic rings. The lowest BCUT2D eigenvalue weighted by Gasteiger charge is -2.28. The maximum absolute atomic E-state index is 12.4. The highest BCUT2D eigenvalue weighted by molar-refractivity contribution is 6.31. The fraction of sp³-hybridized carbons (Fsp3) is 0.353. The van der Waals surface area contributed by atoms with Crippen LogP contribution in [0.1, 0.15) is 21.9 Å². The molecule has 0 atom stereocenters. The zero-order valence-corrected chi connectivity index (χ0v) is 14.2. The van der Waals surface area contributed by atoms with Crippen molar-refractivity contribution in [2.24, 2.45) is 0 Å². The van der Waals surface area contributed by atoms with Gasteiger partial charge in [0.05, 0.1) is 13.2 Å². The smallest absolute Gasteiger partial charge is 0.270 e. The number of ether oxygens (including phenoxy) is 1. The first-order chi connectivity index (χ1) is 11.6. The molecule has 1 aliphatic heterocycles. The first-order valence-electron chi connectivity index (χ1n) is 7.83. The number of amides is 1. The number of nitrogens with zero attached hydrogens (tertiary/aromatic N) is 3. The Bertz CT molecular complexity index is 732. The van der Waals surface area contributed by atoms with Crippen molar-refractivity contribution in [3.63, 3.8) is 0 Å². The van der Waals surface area contributed by atoms with Gasteiger partial charge in [-0.25, -0.2) is 9.97 Å². The standard InChI is InChI=1S/C17H19ClN4O2/c1-12-20-15(10-16(21-12)22-6-8-24-9-7-22)17(23)19-11-13-4-2-3-5-14(13)18/h2-5,10H,6-9,11H2,1H3,(H,19,23). The van der Waals surface area contributed by atoms with Crippen LogP contribution >= 0.6 is 11.6 Å². The molecule has 1 fully saturated rings. The van der Waals surface area contributed by atoms with Crippen LogP contribution in [0.15, 0.2) is 30.3 Å². The monoisotopic (exact) mass is 346 g/mol. The van der Waals surface area contributed by atoms with Crippen LogP contribution in [0.3, 0.4) is 0 Å². The fourth-order valence-corrected chi connectivity index (χ4v) is 2.73. The molecule has 1 aliphatic rings. The van der Waals surface area contributed by atoms with Crippen LogP contribution in [0.2, 0.25) is 5.02 Å². The molecule has 1 saturated heterocycles. The van der Waals surface area contributed by atoms with Gasteiger partial charge in [-0.3, -0.25) is 4.79 Å². The number of halogens is 1. The molecule has 1 aromatic carbocycles. The average Bonchev–Trinajstić information content (AvgIpc) is 2.61. The Kier molecular flexibility index (Phi) is 5.27. The summed E-state index contributed by atoms with van der Waals surface area (Å²) in [6.07, 6.45) is 0. The summed E-state index contributed by atoms with van der Waals surface area (Å²) in [6, 6.07) is 9.15. The zero-order valence-electron chi connectivity index (χ0n) is 13.5. The van der Waals surface area contributed by atoms with E-state index in [4.69, 9.17) is 16.3 Å². The number of morpholine rings is 1. The lowest BCUT2D eigenvalue weighted by Crippen LogP contribution is -2.37. The third kappa shape index (κ3) is 4.01. The predicted molar refractivity (Wildman–Crippen MR) is 92.4 cm³/mol. The Balaban J connectivity index is 1.72. The van der Waals surface area contributed by atoms with E-state index < -0.39 is 0 Å². The summed E-state index contributed by atoms with van der Waals surface area (Å²) in [6.45, 7) is 4.99. The molecule has 24 heavy (non-hydrogen) atoms. The number of aromatic nitrogens is 2. The van der Waals surface area contributed by atoms with Crippen molar-refractivity contribution in [3.8, 4) is 0 Å². The molecule has 1 amide bonds. The summed E-state index contributed by atoms with van der Waals surface area (Å²) in [7, 11) is 0. The van der Waals surface area contributed by atoms with Crippen molar-refractivity contribution in [2.45, 2.75) is 13.5 Å². The van der Waals surface area contributed by atoms with Crippen molar-refractivity contribution < 1.29 is 9.53 Å². The van der Waals surface area contributed by atoms with Crippen LogP contribution in [0.5, 0.6) is 0 Å². The van der Waals surface area contributed by atoms with Crippen LogP contribution < -0.4 is 10.2 Å². The number of carbonyl (C=O) groups excluding carboxylic acids is 1. The second-order valence-corrected chi connectivity index (χ2v) is 5.94. The Morgan fingerprint density at radius 1 is 1.29 bits per heavy atom. The minimum absolute atomic E-state index is 0.241. The van der Waals surface area contributed by atoms with Gasteiger partial charge in [-0.2, -0.15) is 0 Å². The van der Waals surface area contributed by atoms with Crippen molar-refractivity contribution in [3.05, 3.63) is 52.4 Å². The van der Waals surface area contributed by atoms with Crippen LogP contribution in [0.25, 0.3) is 0 Å². The second kappa shape index (κ2) is 7.59. The molecule has 2 heterocycles. The van der Waals surface area contributed by atoms with Crippen molar-refractivity contribution in [2.75, 3.05) is 31.2 Å². The summed E-state index contributed by atoms with van der Waals surface area (Å²) >= 11 is 6.11. The SMILES string of the molecule is Cc1nc(C(=O)NCc2ccccc2Cl)cc(N2CCOCC2)n1. The molecule has 0 spiro atoms. The van der Waals surface area contributed by atoms with Gasteiger partial charge in [0, 0.05) is 30.7 Å². The minimum atomic E-state index is -0.241. The molecular formula is C17H19ClN4O2. The van der Waals surface area contributed by atoms with Gasteiger partial charge < -0.3 is 15.0 Å². The van der Waals surface area contributed by atoms with Crippen molar-refractivity contribution in [1.29, 1.82) is 0 Å². The van der Waals surface area contributed by atoms with Gasteiger partial charge in [0.1, 0.15) is 17.3 Å². The molecule has 0 radical (unpaired) electrons. The molecular weight excluding hydrogens is 328 g/mol. The molecule has 7 heteroatoms. The molecule has 0 aliphatic carbocycles. The van der Waals surface area contributed by atoms with E-state index in [0.29, 0.717) is 36.3 Å². The number of carbonyl (C=O) groups is 1. The second-order valence-electron chi connectivity index (χ2n) is 5.53. The normalized spacial score (nSPS) is 14.5. The molecule has 1 N–H and O–H groups in total. The zero-order chi connectivity index (χ0) is 16.9. The predicted octanol–water partition coefficient (Wildman–Crippen LogP) is 2.21. The number of benzene rings is 1. The molecule has 1 aromatic heterocycles. The van der Waals surface area contributed by atoms with E-state index in [9.17, 15) is 4.79 Å². The van der Waals surface area contributed by atoms with Gasteiger partial charge in [-0.1, -0.05) is 29.8 Å². The van der Waals surface area contributed by atoms with E-state index in [0.717, 1.165) is 24.5 Å². The molecule has 0 bridgehead atoms. The van der Waals surface area contributed by atoms with Crippen molar-refractivity contribution >= 4 is 23.3 Å². The van der Waals surface area contributed by atoms with Gasteiger partial charge in [-0.15, -0.1) is 0 Å². The van der Waals surface area contributed by atoms with Crippen LogP contribution in [0, 0.1) is 6.92 Å². The summed E-state index contributed by atoms with van der Waals surface area (Å²) in [5.41, 5.74) is 1.22. The molecule has 0 saturated carbocycles. The molecule has 3 rings (SSSR count). The molecule has 126 valence electrons. The Labute approximate surface area is 145 Å². The number of anilines is 1. The maximum Gasteiger partial charge on any atom is 0.270 e. The Morgan fingerprint density at radius 2 is 2.04 bits per heavy atom. The summed E-state index contributed by atoms with van der Waals surface area (Å²) in [4.78, 5) is 23.2. The van der Waals surface area contributed by atoms with Gasteiger partial charge in [0.25, 0.3) is 5.91 Å². The van der Waals surface area contributed by atoms with Gasteiger partial charge in [-0.05, 0) is 18.6 Å². The minimum Gasteiger partial charge on any atom is -0.378 e. The highest BCUT2D eigenvalue weighted by atomic mass is 35.5. The third-order valence-electron chi connectivity index (χ3n) is 3.79. The topological polar surface area (TPSA) is 67.4 Å². The lowest BCUT2D eigenvalue weighted by atomic mass is 10.2. The van der Waals surface area contributed by atoms with Crippen molar-refractivity contribution in [1.82, 2.24) is 15.3 Å². The lowest BCUT2D eigenvalue weighted by molar-refractivity contribution is 0.0945. The van der Waals surface area contributed by atoms with E-state index in [1.807, 2.05) is 18.2 Å². The van der Waals surface area contributed by atoms with Crippen LogP contribution in [-0.4, -0.2) is 42.2 Å². The summed E-state index contributed by atoms with van der Waals surface area (Å²) in [5, 5.41) is 3.49. The van der Waals surface area contributed by atoms with Crippen LogP contribution in [-0.2, 0) is 11.3 Å². The number of nitrogens with one attached hydrogen (secondary N) is 1. The largest absolute Gasteiger partial charge is 0.378 e. The number of aryl methyl sites for hydroxylation is 1. The first-order valence-corrected chi connectivity index (χ1v) is 8.21. The Morgan fingerprint density at radius 3 is 2.79 bits per heavy atom. The van der Waals surface area contributed by atoms with Gasteiger partial charge >= 0.3 is 0 Å². The van der Waals surface area contributed by atoms with E-state index in [1.54, 1.807) is 19.1 Å². The highest BCUT2D eigenvalue weighted by Gasteiger charge is 2.17. The molecule has 6 nitrogen and oxygen atoms in total. The fourth-order valence-electron chi connectivity index (χ4n) is 2.53. The number of hydrogen-bond donors (Lipinski definition) is 1.